The highest BCUT2D eigenvalue weighted by Crippen LogP contribution is 2.43. The van der Waals surface area contributed by atoms with Crippen molar-refractivity contribution >= 4 is 5.91 Å². The molecule has 140 valence electrons. The summed E-state index contributed by atoms with van der Waals surface area (Å²) in [6, 6.07) is -0.0163. The number of likely N-dealkylation sites (N-methyl/N-ethyl adjacent to an activating group) is 1. The van der Waals surface area contributed by atoms with E-state index < -0.39 is 0 Å². The topological polar surface area (TPSA) is 65.7 Å². The van der Waals surface area contributed by atoms with Gasteiger partial charge in [0.05, 0.1) is 12.6 Å². The third kappa shape index (κ3) is 4.03. The van der Waals surface area contributed by atoms with Crippen LogP contribution in [0.3, 0.4) is 0 Å². The molecule has 1 atom stereocenters. The number of likely N-dealkylation sites (tertiary alicyclic amines) is 2. The number of carbonyl (C=O) groups excluding carboxylic acids is 1. The summed E-state index contributed by atoms with van der Waals surface area (Å²) >= 11 is 0. The third-order valence-corrected chi connectivity index (χ3v) is 5.77. The number of hydrogen-bond acceptors (Lipinski definition) is 6. The summed E-state index contributed by atoms with van der Waals surface area (Å²) in [5, 5.41) is 3.81. The van der Waals surface area contributed by atoms with Gasteiger partial charge < -0.3 is 14.3 Å². The molecule has 0 unspecified atom stereocenters. The van der Waals surface area contributed by atoms with E-state index in [4.69, 9.17) is 4.52 Å². The SMILES string of the molecule is CCCN1CC2(CCN(C)CC2)C[C@@H]1C(=O)N(C)Cc1nc(C)no1. The van der Waals surface area contributed by atoms with Gasteiger partial charge in [-0.15, -0.1) is 0 Å². The lowest BCUT2D eigenvalue weighted by molar-refractivity contribution is -0.135. The minimum atomic E-state index is -0.0163. The van der Waals surface area contributed by atoms with Gasteiger partial charge >= 0.3 is 0 Å². The zero-order chi connectivity index (χ0) is 18.0. The molecule has 0 aromatic carbocycles. The lowest BCUT2D eigenvalue weighted by Crippen LogP contribution is -2.44. The van der Waals surface area contributed by atoms with Crippen molar-refractivity contribution in [2.24, 2.45) is 5.41 Å². The summed E-state index contributed by atoms with van der Waals surface area (Å²) in [5.74, 6) is 1.29. The van der Waals surface area contributed by atoms with Crippen LogP contribution in [0.25, 0.3) is 0 Å². The van der Waals surface area contributed by atoms with Crippen molar-refractivity contribution in [1.82, 2.24) is 24.8 Å². The smallest absolute Gasteiger partial charge is 0.246 e. The Kier molecular flexibility index (Phi) is 5.43. The Morgan fingerprint density at radius 3 is 2.72 bits per heavy atom. The Morgan fingerprint density at radius 1 is 1.40 bits per heavy atom. The maximum atomic E-state index is 13.1. The van der Waals surface area contributed by atoms with E-state index in [0.717, 1.165) is 39.0 Å². The van der Waals surface area contributed by atoms with Gasteiger partial charge in [0.1, 0.15) is 0 Å². The van der Waals surface area contributed by atoms with Crippen LogP contribution in [0.1, 0.15) is 44.3 Å². The first kappa shape index (κ1) is 18.3. The number of nitrogens with zero attached hydrogens (tertiary/aromatic N) is 5. The van der Waals surface area contributed by atoms with Crippen LogP contribution in [-0.2, 0) is 11.3 Å². The Bertz CT molecular complexity index is 594. The van der Waals surface area contributed by atoms with E-state index in [2.05, 4.69) is 33.9 Å². The predicted molar refractivity (Wildman–Crippen MR) is 94.9 cm³/mol. The van der Waals surface area contributed by atoms with E-state index >= 15 is 0 Å². The number of piperidine rings is 1. The summed E-state index contributed by atoms with van der Waals surface area (Å²) in [4.78, 5) is 23.9. The van der Waals surface area contributed by atoms with Crippen LogP contribution in [0.2, 0.25) is 0 Å². The van der Waals surface area contributed by atoms with E-state index in [1.54, 1.807) is 11.8 Å². The number of carbonyl (C=O) groups is 1. The van der Waals surface area contributed by atoms with Crippen molar-refractivity contribution in [3.63, 3.8) is 0 Å². The minimum Gasteiger partial charge on any atom is -0.337 e. The highest BCUT2D eigenvalue weighted by molar-refractivity contribution is 5.82. The molecule has 0 bridgehead atoms. The molecule has 2 saturated heterocycles. The maximum absolute atomic E-state index is 13.1. The number of aryl methyl sites for hydroxylation is 1. The van der Waals surface area contributed by atoms with Crippen molar-refractivity contribution < 1.29 is 9.32 Å². The number of hydrogen-bond donors (Lipinski definition) is 0. The van der Waals surface area contributed by atoms with Crippen molar-refractivity contribution in [3.8, 4) is 0 Å². The molecule has 0 aliphatic carbocycles. The Balaban J connectivity index is 1.68. The van der Waals surface area contributed by atoms with E-state index in [1.165, 1.54) is 12.8 Å². The number of aromatic nitrogens is 2. The molecule has 1 aromatic rings. The molecule has 3 rings (SSSR count). The van der Waals surface area contributed by atoms with Gasteiger partial charge in [-0.1, -0.05) is 12.1 Å². The molecule has 2 aliphatic heterocycles. The summed E-state index contributed by atoms with van der Waals surface area (Å²) in [6.45, 7) is 8.67. The fraction of sp³-hybridized carbons (Fsp3) is 0.833. The van der Waals surface area contributed by atoms with E-state index in [0.29, 0.717) is 23.7 Å². The average molecular weight is 349 g/mol. The molecule has 2 aliphatic rings. The van der Waals surface area contributed by atoms with Crippen molar-refractivity contribution in [2.75, 3.05) is 40.3 Å². The fourth-order valence-electron chi connectivity index (χ4n) is 4.30. The van der Waals surface area contributed by atoms with Gasteiger partial charge in [0.15, 0.2) is 5.82 Å². The lowest BCUT2D eigenvalue weighted by Gasteiger charge is -2.37. The summed E-state index contributed by atoms with van der Waals surface area (Å²) in [6.07, 6.45) is 4.44. The van der Waals surface area contributed by atoms with Crippen LogP contribution in [0.4, 0.5) is 0 Å². The molecule has 1 aromatic heterocycles. The Hall–Kier alpha value is -1.47. The van der Waals surface area contributed by atoms with Crippen molar-refractivity contribution in [1.29, 1.82) is 0 Å². The normalized spacial score (nSPS) is 24.1. The quantitative estimate of drug-likeness (QED) is 0.803. The van der Waals surface area contributed by atoms with E-state index in [9.17, 15) is 4.79 Å². The van der Waals surface area contributed by atoms with Gasteiger partial charge in [0.2, 0.25) is 11.8 Å². The monoisotopic (exact) mass is 349 g/mol. The van der Waals surface area contributed by atoms with Crippen LogP contribution in [-0.4, -0.2) is 77.1 Å². The second-order valence-corrected chi connectivity index (χ2v) is 7.92. The largest absolute Gasteiger partial charge is 0.337 e. The lowest BCUT2D eigenvalue weighted by atomic mass is 9.76. The standard InChI is InChI=1S/C18H31N5O2/c1-5-8-23-13-18(6-9-21(3)10-7-18)11-15(23)17(24)22(4)12-16-19-14(2)20-25-16/h15H,5-13H2,1-4H3/t15-/m1/s1. The van der Waals surface area contributed by atoms with Gasteiger partial charge in [-0.05, 0) is 64.7 Å². The molecule has 0 radical (unpaired) electrons. The molecule has 0 saturated carbocycles. The first-order valence-electron chi connectivity index (χ1n) is 9.39. The molecular formula is C18H31N5O2. The Morgan fingerprint density at radius 2 is 2.12 bits per heavy atom. The van der Waals surface area contributed by atoms with Gasteiger partial charge in [-0.2, -0.15) is 4.98 Å². The van der Waals surface area contributed by atoms with Gasteiger partial charge in [0.25, 0.3) is 0 Å². The second-order valence-electron chi connectivity index (χ2n) is 7.92. The molecule has 7 nitrogen and oxygen atoms in total. The van der Waals surface area contributed by atoms with Gasteiger partial charge in [-0.25, -0.2) is 0 Å². The number of amides is 1. The van der Waals surface area contributed by atoms with E-state index in [1.807, 2.05) is 7.05 Å². The van der Waals surface area contributed by atoms with Gasteiger partial charge in [-0.3, -0.25) is 9.69 Å². The average Bonchev–Trinajstić information content (AvgIpc) is 3.14. The molecule has 1 amide bonds. The zero-order valence-corrected chi connectivity index (χ0v) is 16.0. The molecule has 25 heavy (non-hydrogen) atoms. The van der Waals surface area contributed by atoms with Crippen molar-refractivity contribution in [3.05, 3.63) is 11.7 Å². The van der Waals surface area contributed by atoms with Gasteiger partial charge in [0, 0.05) is 13.6 Å². The summed E-state index contributed by atoms with van der Waals surface area (Å²) in [7, 11) is 4.03. The third-order valence-electron chi connectivity index (χ3n) is 5.77. The van der Waals surface area contributed by atoms with Crippen LogP contribution < -0.4 is 0 Å². The number of rotatable bonds is 5. The van der Waals surface area contributed by atoms with Crippen LogP contribution in [0, 0.1) is 12.3 Å². The van der Waals surface area contributed by atoms with Crippen molar-refractivity contribution in [2.45, 2.75) is 52.1 Å². The minimum absolute atomic E-state index is 0.0163. The molecular weight excluding hydrogens is 318 g/mol. The summed E-state index contributed by atoms with van der Waals surface area (Å²) < 4.78 is 5.17. The first-order chi connectivity index (χ1) is 11.9. The molecule has 7 heteroatoms. The highest BCUT2D eigenvalue weighted by Gasteiger charge is 2.47. The second kappa shape index (κ2) is 7.41. The Labute approximate surface area is 150 Å². The molecule has 3 heterocycles. The summed E-state index contributed by atoms with van der Waals surface area (Å²) in [5.41, 5.74) is 0.309. The van der Waals surface area contributed by atoms with Crippen LogP contribution in [0.5, 0.6) is 0 Å². The fourth-order valence-corrected chi connectivity index (χ4v) is 4.30. The first-order valence-corrected chi connectivity index (χ1v) is 9.39. The van der Waals surface area contributed by atoms with Crippen LogP contribution >= 0.6 is 0 Å². The molecule has 1 spiro atoms. The van der Waals surface area contributed by atoms with Crippen LogP contribution in [0.15, 0.2) is 4.52 Å². The van der Waals surface area contributed by atoms with E-state index in [-0.39, 0.29) is 11.9 Å². The maximum Gasteiger partial charge on any atom is 0.246 e. The zero-order valence-electron chi connectivity index (χ0n) is 16.0. The molecule has 2 fully saturated rings. The highest BCUT2D eigenvalue weighted by atomic mass is 16.5. The predicted octanol–water partition coefficient (Wildman–Crippen LogP) is 1.53. The molecule has 0 N–H and O–H groups in total.